The summed E-state index contributed by atoms with van der Waals surface area (Å²) in [7, 11) is 0. The van der Waals surface area contributed by atoms with Gasteiger partial charge in [-0.2, -0.15) is 0 Å². The van der Waals surface area contributed by atoms with Crippen molar-refractivity contribution < 1.29 is 4.79 Å². The lowest BCUT2D eigenvalue weighted by molar-refractivity contribution is -0.114. The van der Waals surface area contributed by atoms with Crippen LogP contribution in [0, 0.1) is 5.41 Å². The summed E-state index contributed by atoms with van der Waals surface area (Å²) in [5.74, 6) is 0.421. The predicted octanol–water partition coefficient (Wildman–Crippen LogP) is 3.25. The van der Waals surface area contributed by atoms with Crippen LogP contribution in [0.25, 0.3) is 0 Å². The summed E-state index contributed by atoms with van der Waals surface area (Å²) in [6.45, 7) is 2.02. The minimum absolute atomic E-state index is 0.323. The first kappa shape index (κ1) is 8.98. The summed E-state index contributed by atoms with van der Waals surface area (Å²) in [6, 6.07) is 0. The zero-order chi connectivity index (χ0) is 9.31. The molecular formula is C12H18O. The van der Waals surface area contributed by atoms with Crippen molar-refractivity contribution in [2.75, 3.05) is 0 Å². The van der Waals surface area contributed by atoms with Crippen LogP contribution in [0.5, 0.6) is 0 Å². The summed E-state index contributed by atoms with van der Waals surface area (Å²) < 4.78 is 0. The summed E-state index contributed by atoms with van der Waals surface area (Å²) >= 11 is 0. The maximum atomic E-state index is 11.6. The average Bonchev–Trinajstić information content (AvgIpc) is 2.45. The Kier molecular flexibility index (Phi) is 2.27. The second kappa shape index (κ2) is 3.28. The van der Waals surface area contributed by atoms with Crippen LogP contribution in [-0.4, -0.2) is 5.78 Å². The standard InChI is InChI=1S/C12H18O/c1-2-10-11(13)6-9-12(10)7-4-3-5-8-12/h2H,3-9H2,1H3/b10-2-. The molecular weight excluding hydrogens is 160 g/mol. The first-order chi connectivity index (χ1) is 6.28. The molecule has 2 saturated carbocycles. The van der Waals surface area contributed by atoms with Crippen molar-refractivity contribution in [2.45, 2.75) is 51.9 Å². The third-order valence-electron chi connectivity index (χ3n) is 3.80. The van der Waals surface area contributed by atoms with Crippen LogP contribution in [0.4, 0.5) is 0 Å². The fourth-order valence-electron chi connectivity index (χ4n) is 3.13. The molecule has 0 saturated heterocycles. The molecule has 72 valence electrons. The number of Topliss-reactive ketones (excluding diaryl/α,β-unsaturated/α-hetero) is 1. The zero-order valence-corrected chi connectivity index (χ0v) is 8.44. The summed E-state index contributed by atoms with van der Waals surface area (Å²) in [6.07, 6.45) is 10.5. The smallest absolute Gasteiger partial charge is 0.159 e. The van der Waals surface area contributed by atoms with E-state index in [0.29, 0.717) is 11.2 Å². The lowest BCUT2D eigenvalue weighted by atomic mass is 9.70. The van der Waals surface area contributed by atoms with Gasteiger partial charge in [0.25, 0.3) is 0 Å². The third-order valence-corrected chi connectivity index (χ3v) is 3.80. The summed E-state index contributed by atoms with van der Waals surface area (Å²) in [4.78, 5) is 11.6. The number of allylic oxidation sites excluding steroid dienone is 2. The second-order valence-corrected chi connectivity index (χ2v) is 4.47. The van der Waals surface area contributed by atoms with Crippen LogP contribution in [0.1, 0.15) is 51.9 Å². The molecule has 0 aromatic carbocycles. The van der Waals surface area contributed by atoms with Gasteiger partial charge in [-0.05, 0) is 37.2 Å². The third kappa shape index (κ3) is 1.34. The Hall–Kier alpha value is -0.590. The van der Waals surface area contributed by atoms with E-state index in [0.717, 1.165) is 18.4 Å². The molecule has 2 fully saturated rings. The molecule has 1 nitrogen and oxygen atoms in total. The van der Waals surface area contributed by atoms with E-state index in [2.05, 4.69) is 6.08 Å². The Labute approximate surface area is 80.2 Å². The van der Waals surface area contributed by atoms with E-state index >= 15 is 0 Å². The van der Waals surface area contributed by atoms with Crippen molar-refractivity contribution in [1.82, 2.24) is 0 Å². The van der Waals surface area contributed by atoms with E-state index in [1.807, 2.05) is 6.92 Å². The van der Waals surface area contributed by atoms with Gasteiger partial charge in [-0.3, -0.25) is 4.79 Å². The molecule has 2 aliphatic carbocycles. The van der Waals surface area contributed by atoms with Gasteiger partial charge in [-0.25, -0.2) is 0 Å². The summed E-state index contributed by atoms with van der Waals surface area (Å²) in [5, 5.41) is 0. The van der Waals surface area contributed by atoms with Crippen molar-refractivity contribution in [3.63, 3.8) is 0 Å². The van der Waals surface area contributed by atoms with Crippen molar-refractivity contribution in [3.8, 4) is 0 Å². The molecule has 0 aromatic heterocycles. The Bertz CT molecular complexity index is 244. The molecule has 0 aromatic rings. The molecule has 1 heteroatoms. The fourth-order valence-corrected chi connectivity index (χ4v) is 3.13. The maximum Gasteiger partial charge on any atom is 0.159 e. The first-order valence-corrected chi connectivity index (χ1v) is 5.48. The molecule has 0 bridgehead atoms. The monoisotopic (exact) mass is 178 g/mol. The molecule has 0 radical (unpaired) electrons. The topological polar surface area (TPSA) is 17.1 Å². The van der Waals surface area contributed by atoms with Gasteiger partial charge in [-0.15, -0.1) is 0 Å². The largest absolute Gasteiger partial charge is 0.295 e. The Morgan fingerprint density at radius 1 is 1.15 bits per heavy atom. The first-order valence-electron chi connectivity index (χ1n) is 5.48. The second-order valence-electron chi connectivity index (χ2n) is 4.47. The fraction of sp³-hybridized carbons (Fsp3) is 0.750. The highest BCUT2D eigenvalue weighted by Crippen LogP contribution is 2.50. The number of carbonyl (C=O) groups excluding carboxylic acids is 1. The van der Waals surface area contributed by atoms with E-state index in [1.165, 1.54) is 32.1 Å². The van der Waals surface area contributed by atoms with Crippen LogP contribution in [-0.2, 0) is 4.79 Å². The van der Waals surface area contributed by atoms with Crippen LogP contribution >= 0.6 is 0 Å². The Morgan fingerprint density at radius 2 is 1.85 bits per heavy atom. The van der Waals surface area contributed by atoms with Gasteiger partial charge in [0.1, 0.15) is 0 Å². The number of rotatable bonds is 0. The Morgan fingerprint density at radius 3 is 2.46 bits per heavy atom. The molecule has 2 aliphatic rings. The van der Waals surface area contributed by atoms with Gasteiger partial charge in [0.05, 0.1) is 0 Å². The highest BCUT2D eigenvalue weighted by molar-refractivity contribution is 5.99. The summed E-state index contributed by atoms with van der Waals surface area (Å²) in [5.41, 5.74) is 1.48. The molecule has 1 spiro atoms. The van der Waals surface area contributed by atoms with E-state index < -0.39 is 0 Å². The van der Waals surface area contributed by atoms with Gasteiger partial charge >= 0.3 is 0 Å². The minimum atomic E-state index is 0.323. The van der Waals surface area contributed by atoms with Crippen molar-refractivity contribution in [2.24, 2.45) is 5.41 Å². The van der Waals surface area contributed by atoms with Crippen LogP contribution in [0.3, 0.4) is 0 Å². The van der Waals surface area contributed by atoms with Gasteiger partial charge < -0.3 is 0 Å². The van der Waals surface area contributed by atoms with Crippen LogP contribution in [0.2, 0.25) is 0 Å². The number of ketones is 1. The molecule has 0 aliphatic heterocycles. The van der Waals surface area contributed by atoms with Gasteiger partial charge in [0.15, 0.2) is 5.78 Å². The van der Waals surface area contributed by atoms with E-state index in [1.54, 1.807) is 0 Å². The van der Waals surface area contributed by atoms with Crippen LogP contribution < -0.4 is 0 Å². The van der Waals surface area contributed by atoms with Gasteiger partial charge in [0.2, 0.25) is 0 Å². The average molecular weight is 178 g/mol. The van der Waals surface area contributed by atoms with Gasteiger partial charge in [0, 0.05) is 6.42 Å². The maximum absolute atomic E-state index is 11.6. The molecule has 2 rings (SSSR count). The number of hydrogen-bond donors (Lipinski definition) is 0. The predicted molar refractivity (Wildman–Crippen MR) is 53.5 cm³/mol. The van der Waals surface area contributed by atoms with Crippen molar-refractivity contribution in [1.29, 1.82) is 0 Å². The van der Waals surface area contributed by atoms with Gasteiger partial charge in [-0.1, -0.05) is 25.3 Å². The van der Waals surface area contributed by atoms with Crippen molar-refractivity contribution >= 4 is 5.78 Å². The normalized spacial score (nSPS) is 30.2. The number of hydrogen-bond acceptors (Lipinski definition) is 1. The highest BCUT2D eigenvalue weighted by Gasteiger charge is 2.42. The lowest BCUT2D eigenvalue weighted by Crippen LogP contribution is -2.23. The molecule has 13 heavy (non-hydrogen) atoms. The van der Waals surface area contributed by atoms with E-state index in [4.69, 9.17) is 0 Å². The number of carbonyl (C=O) groups is 1. The zero-order valence-electron chi connectivity index (χ0n) is 8.44. The highest BCUT2D eigenvalue weighted by atomic mass is 16.1. The Balaban J connectivity index is 2.26. The minimum Gasteiger partial charge on any atom is -0.295 e. The van der Waals surface area contributed by atoms with Crippen molar-refractivity contribution in [3.05, 3.63) is 11.6 Å². The van der Waals surface area contributed by atoms with E-state index in [-0.39, 0.29) is 0 Å². The quantitative estimate of drug-likeness (QED) is 0.520. The molecule has 0 atom stereocenters. The van der Waals surface area contributed by atoms with E-state index in [9.17, 15) is 4.79 Å². The molecule has 0 heterocycles. The molecule has 0 unspecified atom stereocenters. The molecule has 0 amide bonds. The molecule has 0 N–H and O–H groups in total. The SMILES string of the molecule is C/C=C1/C(=O)CCC12CCCCC2. The lowest BCUT2D eigenvalue weighted by Gasteiger charge is -2.34. The van der Waals surface area contributed by atoms with Crippen LogP contribution in [0.15, 0.2) is 11.6 Å².